The van der Waals surface area contributed by atoms with Gasteiger partial charge in [-0.2, -0.15) is 0 Å². The molecule has 1 aromatic rings. The predicted molar refractivity (Wildman–Crippen MR) is 48.9 cm³/mol. The fourth-order valence-corrected chi connectivity index (χ4v) is 1.16. The lowest BCUT2D eigenvalue weighted by Crippen LogP contribution is -2.17. The third kappa shape index (κ3) is 2.22. The van der Waals surface area contributed by atoms with Crippen LogP contribution in [-0.4, -0.2) is 15.1 Å². The maximum atomic E-state index is 12.4. The Bertz CT molecular complexity index is 514. The fourth-order valence-electron chi connectivity index (χ4n) is 1.01. The Kier molecular flexibility index (Phi) is 3.33. The summed E-state index contributed by atoms with van der Waals surface area (Å²) in [6.07, 6.45) is -3.16. The summed E-state index contributed by atoms with van der Waals surface area (Å²) in [5.41, 5.74) is -4.16. The topological polar surface area (TPSA) is 93.1 Å². The van der Waals surface area contributed by atoms with Gasteiger partial charge in [-0.05, 0) is 11.6 Å². The van der Waals surface area contributed by atoms with Crippen LogP contribution in [0.3, 0.4) is 0 Å². The zero-order valence-electron chi connectivity index (χ0n) is 7.37. The third-order valence-corrected chi connectivity index (χ3v) is 1.87. The summed E-state index contributed by atoms with van der Waals surface area (Å²) < 4.78 is 24.8. The number of alkyl halides is 2. The van der Waals surface area contributed by atoms with Gasteiger partial charge in [0, 0.05) is 6.07 Å². The molecule has 0 radical (unpaired) electrons. The molecule has 1 rings (SSSR count). The van der Waals surface area contributed by atoms with Crippen LogP contribution in [0.2, 0.25) is 0 Å². The zero-order chi connectivity index (χ0) is 12.5. The van der Waals surface area contributed by atoms with E-state index in [9.17, 15) is 28.5 Å². The quantitative estimate of drug-likeness (QED) is 0.502. The summed E-state index contributed by atoms with van der Waals surface area (Å²) in [6.45, 7) is 0. The van der Waals surface area contributed by atoms with Crippen molar-refractivity contribution in [3.8, 4) is 0 Å². The molecule has 86 valence electrons. The summed E-state index contributed by atoms with van der Waals surface area (Å²) in [6, 6.07) is 0.332. The number of nitro groups is 1. The van der Waals surface area contributed by atoms with Crippen LogP contribution in [-0.2, 0) is 0 Å². The number of aromatic amines is 1. The van der Waals surface area contributed by atoms with Crippen molar-refractivity contribution in [1.29, 1.82) is 0 Å². The van der Waals surface area contributed by atoms with Crippen molar-refractivity contribution in [2.45, 2.75) is 6.43 Å². The van der Waals surface area contributed by atoms with Gasteiger partial charge in [0.2, 0.25) is 0 Å². The Labute approximate surface area is 91.0 Å². The largest absolute Gasteiger partial charge is 0.334 e. The third-order valence-electron chi connectivity index (χ3n) is 1.68. The monoisotopic (exact) mass is 252 g/mol. The van der Waals surface area contributed by atoms with Gasteiger partial charge in [-0.3, -0.25) is 19.7 Å². The summed E-state index contributed by atoms with van der Waals surface area (Å²) in [4.78, 5) is 32.5. The minimum Gasteiger partial charge on any atom is -0.312 e. The van der Waals surface area contributed by atoms with Crippen LogP contribution >= 0.6 is 11.6 Å². The van der Waals surface area contributed by atoms with Gasteiger partial charge >= 0.3 is 11.2 Å². The number of nitrogens with zero attached hydrogens (tertiary/aromatic N) is 1. The SMILES string of the molecule is O=C(Cl)c1[nH]c(=O)c([N+](=O)[O-])cc1C(F)F. The summed E-state index contributed by atoms with van der Waals surface area (Å²) in [5, 5.41) is 8.98. The molecule has 0 atom stereocenters. The number of rotatable bonds is 3. The normalized spacial score (nSPS) is 10.5. The molecule has 0 aliphatic heterocycles. The van der Waals surface area contributed by atoms with Gasteiger partial charge in [-0.1, -0.05) is 0 Å². The van der Waals surface area contributed by atoms with Crippen LogP contribution < -0.4 is 5.56 Å². The number of nitrogens with one attached hydrogen (secondary N) is 1. The summed E-state index contributed by atoms with van der Waals surface area (Å²) in [7, 11) is 0. The van der Waals surface area contributed by atoms with E-state index in [2.05, 4.69) is 0 Å². The fraction of sp³-hybridized carbons (Fsp3) is 0.143. The van der Waals surface area contributed by atoms with Gasteiger partial charge in [-0.25, -0.2) is 8.78 Å². The van der Waals surface area contributed by atoms with Gasteiger partial charge in [0.25, 0.3) is 11.7 Å². The number of carbonyl (C=O) groups excluding carboxylic acids is 1. The smallest absolute Gasteiger partial charge is 0.312 e. The first-order chi connectivity index (χ1) is 7.34. The molecule has 1 N–H and O–H groups in total. The van der Waals surface area contributed by atoms with Crippen molar-refractivity contribution in [2.75, 3.05) is 0 Å². The lowest BCUT2D eigenvalue weighted by atomic mass is 10.2. The molecule has 16 heavy (non-hydrogen) atoms. The lowest BCUT2D eigenvalue weighted by molar-refractivity contribution is -0.386. The van der Waals surface area contributed by atoms with Crippen LogP contribution in [0.1, 0.15) is 22.5 Å². The summed E-state index contributed by atoms with van der Waals surface area (Å²) >= 11 is 4.94. The molecule has 0 spiro atoms. The first-order valence-corrected chi connectivity index (χ1v) is 4.12. The van der Waals surface area contributed by atoms with Gasteiger partial charge in [0.1, 0.15) is 5.69 Å². The minimum atomic E-state index is -3.16. The highest BCUT2D eigenvalue weighted by Gasteiger charge is 2.24. The van der Waals surface area contributed by atoms with Crippen LogP contribution in [0.15, 0.2) is 10.9 Å². The highest BCUT2D eigenvalue weighted by atomic mass is 35.5. The van der Waals surface area contributed by atoms with Crippen LogP contribution in [0, 0.1) is 10.1 Å². The molecule has 0 aliphatic carbocycles. The molecule has 0 saturated heterocycles. The van der Waals surface area contributed by atoms with Crippen LogP contribution in [0.5, 0.6) is 0 Å². The Morgan fingerprint density at radius 2 is 2.12 bits per heavy atom. The van der Waals surface area contributed by atoms with Crippen molar-refractivity contribution in [1.82, 2.24) is 4.98 Å². The van der Waals surface area contributed by atoms with Crippen molar-refractivity contribution in [3.05, 3.63) is 37.8 Å². The van der Waals surface area contributed by atoms with Gasteiger partial charge in [0.05, 0.1) is 10.5 Å². The molecule has 0 fully saturated rings. The molecule has 1 aromatic heterocycles. The van der Waals surface area contributed by atoms with Gasteiger partial charge in [0.15, 0.2) is 0 Å². The van der Waals surface area contributed by atoms with Crippen molar-refractivity contribution in [3.63, 3.8) is 0 Å². The van der Waals surface area contributed by atoms with Gasteiger partial charge < -0.3 is 4.98 Å². The minimum absolute atomic E-state index is 0.332. The van der Waals surface area contributed by atoms with E-state index in [0.717, 1.165) is 0 Å². The Morgan fingerprint density at radius 3 is 2.50 bits per heavy atom. The van der Waals surface area contributed by atoms with Crippen molar-refractivity contribution < 1.29 is 18.5 Å². The number of aromatic nitrogens is 1. The highest BCUT2D eigenvalue weighted by Crippen LogP contribution is 2.24. The average molecular weight is 253 g/mol. The van der Waals surface area contributed by atoms with E-state index >= 15 is 0 Å². The van der Waals surface area contributed by atoms with Gasteiger partial charge in [-0.15, -0.1) is 0 Å². The average Bonchev–Trinajstić information content (AvgIpc) is 2.15. The van der Waals surface area contributed by atoms with E-state index in [0.29, 0.717) is 6.07 Å². The van der Waals surface area contributed by atoms with Crippen molar-refractivity contribution in [2.24, 2.45) is 0 Å². The molecule has 0 aliphatic rings. The lowest BCUT2D eigenvalue weighted by Gasteiger charge is -2.03. The number of hydrogen-bond donors (Lipinski definition) is 1. The number of hydrogen-bond acceptors (Lipinski definition) is 4. The Balaban J connectivity index is 3.56. The van der Waals surface area contributed by atoms with E-state index in [4.69, 9.17) is 11.6 Å². The predicted octanol–water partition coefficient (Wildman–Crippen LogP) is 1.60. The molecular weight excluding hydrogens is 250 g/mol. The molecule has 0 saturated carbocycles. The first-order valence-electron chi connectivity index (χ1n) is 3.74. The van der Waals surface area contributed by atoms with Crippen molar-refractivity contribution >= 4 is 22.5 Å². The second-order valence-corrected chi connectivity index (χ2v) is 2.99. The molecular formula is C7H3ClF2N2O4. The molecule has 0 aromatic carbocycles. The second kappa shape index (κ2) is 4.35. The number of H-pyrrole nitrogens is 1. The van der Waals surface area contributed by atoms with E-state index < -0.39 is 39.1 Å². The zero-order valence-corrected chi connectivity index (χ0v) is 8.12. The van der Waals surface area contributed by atoms with E-state index in [-0.39, 0.29) is 0 Å². The molecule has 0 amide bonds. The Hall–Kier alpha value is -1.83. The molecule has 1 heterocycles. The van der Waals surface area contributed by atoms with Crippen LogP contribution in [0.4, 0.5) is 14.5 Å². The standard InChI is InChI=1S/C7H3ClF2N2O4/c8-5(13)4-2(6(9)10)1-3(12(15)16)7(14)11-4/h1,6H,(H,11,14). The maximum Gasteiger partial charge on any atom is 0.334 e. The molecule has 6 nitrogen and oxygen atoms in total. The molecule has 0 unspecified atom stereocenters. The van der Waals surface area contributed by atoms with E-state index in [1.807, 2.05) is 0 Å². The molecule has 0 bridgehead atoms. The second-order valence-electron chi connectivity index (χ2n) is 2.65. The molecule has 9 heteroatoms. The maximum absolute atomic E-state index is 12.4. The number of pyridine rings is 1. The number of halogens is 3. The first kappa shape index (κ1) is 12.2. The van der Waals surface area contributed by atoms with Crippen LogP contribution in [0.25, 0.3) is 0 Å². The Morgan fingerprint density at radius 1 is 1.56 bits per heavy atom. The highest BCUT2D eigenvalue weighted by molar-refractivity contribution is 6.67. The number of carbonyl (C=O) groups is 1. The summed E-state index contributed by atoms with van der Waals surface area (Å²) in [5.74, 6) is 0. The van der Waals surface area contributed by atoms with E-state index in [1.54, 1.807) is 4.98 Å². The van der Waals surface area contributed by atoms with E-state index in [1.165, 1.54) is 0 Å².